The van der Waals surface area contributed by atoms with Gasteiger partial charge in [-0.2, -0.15) is 0 Å². The number of hydrogen-bond donors (Lipinski definition) is 1. The van der Waals surface area contributed by atoms with E-state index in [0.717, 1.165) is 5.69 Å². The Kier molecular flexibility index (Phi) is 5.25. The quantitative estimate of drug-likeness (QED) is 0.511. The molecule has 6 heteroatoms. The highest BCUT2D eigenvalue weighted by atomic mass is 16.5. The molecule has 1 N–H and O–H groups in total. The second-order valence-electron chi connectivity index (χ2n) is 6.23. The standard InChI is InChI=1S/C23H19N3O3/c1-28-20-6-2-3-7-21(20)29-22-13-10-18(16-24-22)25-23(27)17-8-11-19(12-9-17)26-14-4-5-15-26/h2-16H,1H3,(H,25,27). The first-order valence-corrected chi connectivity index (χ1v) is 9.04. The van der Waals surface area contributed by atoms with Gasteiger partial charge in [0.1, 0.15) is 0 Å². The molecule has 0 fully saturated rings. The van der Waals surface area contributed by atoms with Gasteiger partial charge in [-0.25, -0.2) is 4.98 Å². The number of nitrogens with zero attached hydrogens (tertiary/aromatic N) is 2. The minimum atomic E-state index is -0.204. The average molecular weight is 385 g/mol. The molecular weight excluding hydrogens is 366 g/mol. The minimum absolute atomic E-state index is 0.204. The monoisotopic (exact) mass is 385 g/mol. The first-order chi connectivity index (χ1) is 14.2. The molecule has 4 rings (SSSR count). The van der Waals surface area contributed by atoms with E-state index >= 15 is 0 Å². The van der Waals surface area contributed by atoms with Crippen LogP contribution in [0.3, 0.4) is 0 Å². The zero-order valence-corrected chi connectivity index (χ0v) is 15.8. The summed E-state index contributed by atoms with van der Waals surface area (Å²) in [5, 5.41) is 2.84. The van der Waals surface area contributed by atoms with Crippen LogP contribution >= 0.6 is 0 Å². The highest BCUT2D eigenvalue weighted by Gasteiger charge is 2.09. The third-order valence-electron chi connectivity index (χ3n) is 4.31. The SMILES string of the molecule is COc1ccccc1Oc1ccc(NC(=O)c2ccc(-n3cccc3)cc2)cn1. The van der Waals surface area contributed by atoms with Gasteiger partial charge in [-0.1, -0.05) is 12.1 Å². The van der Waals surface area contributed by atoms with E-state index in [-0.39, 0.29) is 5.91 Å². The van der Waals surface area contributed by atoms with Crippen molar-refractivity contribution in [2.75, 3.05) is 12.4 Å². The Labute approximate surface area is 168 Å². The van der Waals surface area contributed by atoms with Crippen LogP contribution in [-0.2, 0) is 0 Å². The second-order valence-corrected chi connectivity index (χ2v) is 6.23. The van der Waals surface area contributed by atoms with Gasteiger partial charge >= 0.3 is 0 Å². The number of hydrogen-bond acceptors (Lipinski definition) is 4. The fourth-order valence-corrected chi connectivity index (χ4v) is 2.83. The molecule has 4 aromatic rings. The molecule has 0 bridgehead atoms. The van der Waals surface area contributed by atoms with Gasteiger partial charge < -0.3 is 19.4 Å². The van der Waals surface area contributed by atoms with Crippen molar-refractivity contribution in [3.8, 4) is 23.1 Å². The lowest BCUT2D eigenvalue weighted by Crippen LogP contribution is -2.12. The van der Waals surface area contributed by atoms with E-state index in [1.807, 2.05) is 59.4 Å². The van der Waals surface area contributed by atoms with E-state index in [2.05, 4.69) is 10.3 Å². The number of pyridine rings is 1. The van der Waals surface area contributed by atoms with Crippen molar-refractivity contribution < 1.29 is 14.3 Å². The summed E-state index contributed by atoms with van der Waals surface area (Å²) in [5.41, 5.74) is 2.14. The van der Waals surface area contributed by atoms with Crippen molar-refractivity contribution in [2.45, 2.75) is 0 Å². The molecule has 2 aromatic carbocycles. The van der Waals surface area contributed by atoms with Crippen LogP contribution in [0.4, 0.5) is 5.69 Å². The number of carbonyl (C=O) groups excluding carboxylic acids is 1. The smallest absolute Gasteiger partial charge is 0.255 e. The molecule has 1 amide bonds. The summed E-state index contributed by atoms with van der Waals surface area (Å²) < 4.78 is 13.0. The van der Waals surface area contributed by atoms with Crippen molar-refractivity contribution in [3.05, 3.63) is 97.0 Å². The molecule has 6 nitrogen and oxygen atoms in total. The van der Waals surface area contributed by atoms with Gasteiger partial charge in [0.2, 0.25) is 5.88 Å². The fourth-order valence-electron chi connectivity index (χ4n) is 2.83. The average Bonchev–Trinajstić information content (AvgIpc) is 3.30. The molecule has 0 unspecified atom stereocenters. The van der Waals surface area contributed by atoms with E-state index in [1.165, 1.54) is 0 Å². The van der Waals surface area contributed by atoms with Crippen LogP contribution in [0.2, 0.25) is 0 Å². The lowest BCUT2D eigenvalue weighted by Gasteiger charge is -2.10. The van der Waals surface area contributed by atoms with Gasteiger partial charge in [0.15, 0.2) is 11.5 Å². The topological polar surface area (TPSA) is 65.4 Å². The van der Waals surface area contributed by atoms with Crippen LogP contribution in [0.5, 0.6) is 17.4 Å². The molecular formula is C23H19N3O3. The van der Waals surface area contributed by atoms with Crippen molar-refractivity contribution >= 4 is 11.6 Å². The molecule has 0 saturated heterocycles. The lowest BCUT2D eigenvalue weighted by molar-refractivity contribution is 0.102. The number of nitrogens with one attached hydrogen (secondary N) is 1. The van der Waals surface area contributed by atoms with Crippen molar-refractivity contribution in [3.63, 3.8) is 0 Å². The number of amides is 1. The number of anilines is 1. The van der Waals surface area contributed by atoms with Crippen LogP contribution in [-0.4, -0.2) is 22.6 Å². The summed E-state index contributed by atoms with van der Waals surface area (Å²) in [6.07, 6.45) is 5.46. The van der Waals surface area contributed by atoms with Gasteiger partial charge in [0.05, 0.1) is 19.0 Å². The van der Waals surface area contributed by atoms with E-state index < -0.39 is 0 Å². The van der Waals surface area contributed by atoms with E-state index in [9.17, 15) is 4.79 Å². The number of benzene rings is 2. The van der Waals surface area contributed by atoms with Crippen molar-refractivity contribution in [2.24, 2.45) is 0 Å². The summed E-state index contributed by atoms with van der Waals surface area (Å²) >= 11 is 0. The van der Waals surface area contributed by atoms with Crippen molar-refractivity contribution in [1.82, 2.24) is 9.55 Å². The maximum atomic E-state index is 12.5. The third-order valence-corrected chi connectivity index (χ3v) is 4.31. The number of carbonyl (C=O) groups is 1. The van der Waals surface area contributed by atoms with Crippen LogP contribution in [0.1, 0.15) is 10.4 Å². The number of ether oxygens (including phenoxy) is 2. The highest BCUT2D eigenvalue weighted by molar-refractivity contribution is 6.04. The number of rotatable bonds is 6. The Balaban J connectivity index is 1.41. The normalized spacial score (nSPS) is 10.4. The Morgan fingerprint density at radius 2 is 1.62 bits per heavy atom. The summed E-state index contributed by atoms with van der Waals surface area (Å²) in [5.74, 6) is 1.39. The zero-order chi connectivity index (χ0) is 20.1. The Morgan fingerprint density at radius 1 is 0.897 bits per heavy atom. The number of para-hydroxylation sites is 2. The summed E-state index contributed by atoms with van der Waals surface area (Å²) in [4.78, 5) is 16.7. The molecule has 0 aliphatic heterocycles. The molecule has 144 valence electrons. The Hall–Kier alpha value is -4.06. The minimum Gasteiger partial charge on any atom is -0.493 e. The maximum Gasteiger partial charge on any atom is 0.255 e. The second kappa shape index (κ2) is 8.31. The fraction of sp³-hybridized carbons (Fsp3) is 0.0435. The largest absolute Gasteiger partial charge is 0.493 e. The van der Waals surface area contributed by atoms with E-state index in [1.54, 1.807) is 43.6 Å². The molecule has 2 heterocycles. The first-order valence-electron chi connectivity index (χ1n) is 9.04. The molecule has 29 heavy (non-hydrogen) atoms. The van der Waals surface area contributed by atoms with Gasteiger partial charge in [-0.05, 0) is 54.6 Å². The van der Waals surface area contributed by atoms with Gasteiger partial charge in [-0.15, -0.1) is 0 Å². The number of methoxy groups -OCH3 is 1. The van der Waals surface area contributed by atoms with Crippen molar-refractivity contribution in [1.29, 1.82) is 0 Å². The lowest BCUT2D eigenvalue weighted by atomic mass is 10.2. The van der Waals surface area contributed by atoms with Crippen LogP contribution in [0.15, 0.2) is 91.4 Å². The molecule has 0 aliphatic carbocycles. The maximum absolute atomic E-state index is 12.5. The van der Waals surface area contributed by atoms with E-state index in [4.69, 9.17) is 9.47 Å². The predicted molar refractivity (Wildman–Crippen MR) is 111 cm³/mol. The van der Waals surface area contributed by atoms with Crippen LogP contribution in [0, 0.1) is 0 Å². The molecule has 0 aliphatic rings. The Bertz CT molecular complexity index is 1090. The summed E-state index contributed by atoms with van der Waals surface area (Å²) in [6, 6.07) is 22.0. The Morgan fingerprint density at radius 3 is 2.28 bits per heavy atom. The van der Waals surface area contributed by atoms with Crippen LogP contribution < -0.4 is 14.8 Å². The van der Waals surface area contributed by atoms with Gasteiger partial charge in [-0.3, -0.25) is 4.79 Å². The predicted octanol–water partition coefficient (Wildman–Crippen LogP) is 4.93. The zero-order valence-electron chi connectivity index (χ0n) is 15.8. The molecule has 0 saturated carbocycles. The molecule has 0 radical (unpaired) electrons. The molecule has 0 spiro atoms. The highest BCUT2D eigenvalue weighted by Crippen LogP contribution is 2.30. The number of aromatic nitrogens is 2. The summed E-state index contributed by atoms with van der Waals surface area (Å²) in [6.45, 7) is 0. The van der Waals surface area contributed by atoms with Gasteiger partial charge in [0, 0.05) is 29.7 Å². The molecule has 0 atom stereocenters. The van der Waals surface area contributed by atoms with Crippen LogP contribution in [0.25, 0.3) is 5.69 Å². The first kappa shape index (κ1) is 18.3. The van der Waals surface area contributed by atoms with Gasteiger partial charge in [0.25, 0.3) is 5.91 Å². The van der Waals surface area contributed by atoms with E-state index in [0.29, 0.717) is 28.6 Å². The summed E-state index contributed by atoms with van der Waals surface area (Å²) in [7, 11) is 1.58. The third kappa shape index (κ3) is 4.27. The molecule has 2 aromatic heterocycles.